The molecule has 1 fully saturated rings. The van der Waals surface area contributed by atoms with Crippen molar-refractivity contribution in [1.29, 1.82) is 0 Å². The highest BCUT2D eigenvalue weighted by atomic mass is 16.2. The van der Waals surface area contributed by atoms with E-state index in [-0.39, 0.29) is 5.91 Å². The molecule has 3 nitrogen and oxygen atoms in total. The van der Waals surface area contributed by atoms with Crippen LogP contribution in [0.2, 0.25) is 0 Å². The van der Waals surface area contributed by atoms with Crippen molar-refractivity contribution in [3.05, 3.63) is 48.0 Å². The maximum absolute atomic E-state index is 12.4. The summed E-state index contributed by atoms with van der Waals surface area (Å²) in [7, 11) is 0. The Hall–Kier alpha value is -2.16. The summed E-state index contributed by atoms with van der Waals surface area (Å²) in [4.78, 5) is 12.4. The summed E-state index contributed by atoms with van der Waals surface area (Å²) in [6.45, 7) is 2.24. The fraction of sp³-hybridized carbons (Fsp3) is 0.333. The van der Waals surface area contributed by atoms with E-state index in [1.165, 1.54) is 12.8 Å². The summed E-state index contributed by atoms with van der Waals surface area (Å²) in [6, 6.07) is 13.7. The average molecular weight is 280 g/mol. The summed E-state index contributed by atoms with van der Waals surface area (Å²) in [5.74, 6) is 0.546. The van der Waals surface area contributed by atoms with Gasteiger partial charge in [0.25, 0.3) is 5.91 Å². The van der Waals surface area contributed by atoms with Crippen molar-refractivity contribution in [3.63, 3.8) is 0 Å². The van der Waals surface area contributed by atoms with Gasteiger partial charge in [-0.2, -0.15) is 5.10 Å². The summed E-state index contributed by atoms with van der Waals surface area (Å²) in [6.07, 6.45) is 4.43. The van der Waals surface area contributed by atoms with Gasteiger partial charge in [-0.1, -0.05) is 43.3 Å². The van der Waals surface area contributed by atoms with Gasteiger partial charge in [0.05, 0.1) is 0 Å². The maximum Gasteiger partial charge on any atom is 0.271 e. The summed E-state index contributed by atoms with van der Waals surface area (Å²) in [5.41, 5.74) is 4.53. The Labute approximate surface area is 125 Å². The molecule has 0 heterocycles. The van der Waals surface area contributed by atoms with Crippen LogP contribution >= 0.6 is 0 Å². The highest BCUT2D eigenvalue weighted by molar-refractivity contribution is 6.07. The van der Waals surface area contributed by atoms with E-state index in [2.05, 4.69) is 17.5 Å². The molecule has 108 valence electrons. The van der Waals surface area contributed by atoms with Gasteiger partial charge in [-0.15, -0.1) is 0 Å². The number of carbonyl (C=O) groups excluding carboxylic acids is 1. The van der Waals surface area contributed by atoms with Crippen molar-refractivity contribution in [3.8, 4) is 0 Å². The Morgan fingerprint density at radius 1 is 1.19 bits per heavy atom. The molecule has 3 heteroatoms. The first-order valence-electron chi connectivity index (χ1n) is 7.57. The molecular weight excluding hydrogens is 260 g/mol. The van der Waals surface area contributed by atoms with Gasteiger partial charge in [0, 0.05) is 11.3 Å². The van der Waals surface area contributed by atoms with Crippen molar-refractivity contribution in [2.45, 2.75) is 32.6 Å². The number of nitrogens with zero attached hydrogens (tertiary/aromatic N) is 1. The van der Waals surface area contributed by atoms with E-state index in [1.54, 1.807) is 0 Å². The zero-order valence-corrected chi connectivity index (χ0v) is 12.3. The first-order valence-corrected chi connectivity index (χ1v) is 7.57. The summed E-state index contributed by atoms with van der Waals surface area (Å²) >= 11 is 0. The second-order valence-electron chi connectivity index (χ2n) is 5.85. The molecule has 0 aromatic heterocycles. The highest BCUT2D eigenvalue weighted by Crippen LogP contribution is 2.21. The van der Waals surface area contributed by atoms with Crippen molar-refractivity contribution in [2.24, 2.45) is 11.0 Å². The second-order valence-corrected chi connectivity index (χ2v) is 5.85. The third-order valence-electron chi connectivity index (χ3n) is 4.10. The molecule has 0 spiro atoms. The van der Waals surface area contributed by atoms with Gasteiger partial charge in [0.15, 0.2) is 0 Å². The molecule has 0 saturated heterocycles. The molecule has 1 amide bonds. The van der Waals surface area contributed by atoms with Gasteiger partial charge in [0.2, 0.25) is 0 Å². The van der Waals surface area contributed by atoms with Gasteiger partial charge >= 0.3 is 0 Å². The maximum atomic E-state index is 12.4. The number of nitrogens with one attached hydrogen (secondary N) is 1. The molecule has 1 unspecified atom stereocenters. The lowest BCUT2D eigenvalue weighted by Gasteiger charge is -2.19. The number of amides is 1. The molecule has 2 aromatic rings. The molecule has 1 aliphatic carbocycles. The van der Waals surface area contributed by atoms with Gasteiger partial charge in [-0.25, -0.2) is 5.43 Å². The molecule has 0 radical (unpaired) electrons. The number of rotatable bonds is 2. The van der Waals surface area contributed by atoms with Crippen LogP contribution in [0.15, 0.2) is 47.6 Å². The molecule has 0 bridgehead atoms. The molecule has 2 aromatic carbocycles. The van der Waals surface area contributed by atoms with Gasteiger partial charge < -0.3 is 0 Å². The first kappa shape index (κ1) is 13.8. The minimum atomic E-state index is -0.127. The van der Waals surface area contributed by atoms with Gasteiger partial charge in [-0.05, 0) is 48.4 Å². The fourth-order valence-corrected chi connectivity index (χ4v) is 2.98. The number of hydrazone groups is 1. The Morgan fingerprint density at radius 2 is 2.00 bits per heavy atom. The standard InChI is InChI=1S/C18H20N2O/c1-13-6-4-9-15(12-13)19-20-18(21)17-11-5-8-14-7-2-3-10-16(14)17/h2-3,5,7-8,10-11,13H,4,6,9,12H2,1H3,(H,20,21). The second kappa shape index (κ2) is 6.08. The van der Waals surface area contributed by atoms with E-state index in [0.29, 0.717) is 11.5 Å². The SMILES string of the molecule is CC1CCCC(=NNC(=O)c2cccc3ccccc23)C1. The van der Waals surface area contributed by atoms with E-state index < -0.39 is 0 Å². The van der Waals surface area contributed by atoms with Crippen LogP contribution in [0.4, 0.5) is 0 Å². The molecular formula is C18H20N2O. The fourth-order valence-electron chi connectivity index (χ4n) is 2.98. The lowest BCUT2D eigenvalue weighted by molar-refractivity contribution is 0.0956. The van der Waals surface area contributed by atoms with Crippen molar-refractivity contribution in [2.75, 3.05) is 0 Å². The molecule has 1 atom stereocenters. The lowest BCUT2D eigenvalue weighted by Crippen LogP contribution is -2.22. The summed E-state index contributed by atoms with van der Waals surface area (Å²) < 4.78 is 0. The Balaban J connectivity index is 1.80. The largest absolute Gasteiger partial charge is 0.271 e. The predicted octanol–water partition coefficient (Wildman–Crippen LogP) is 4.14. The highest BCUT2D eigenvalue weighted by Gasteiger charge is 2.15. The topological polar surface area (TPSA) is 41.5 Å². The van der Waals surface area contributed by atoms with Crippen molar-refractivity contribution < 1.29 is 4.79 Å². The van der Waals surface area contributed by atoms with Crippen LogP contribution in [0, 0.1) is 5.92 Å². The van der Waals surface area contributed by atoms with Crippen LogP contribution in [0.1, 0.15) is 43.0 Å². The lowest BCUT2D eigenvalue weighted by atomic mass is 9.89. The molecule has 3 rings (SSSR count). The monoisotopic (exact) mass is 280 g/mol. The normalized spacial score (nSPS) is 20.6. The Kier molecular flexibility index (Phi) is 4.00. The Morgan fingerprint density at radius 3 is 2.86 bits per heavy atom. The van der Waals surface area contributed by atoms with E-state index in [9.17, 15) is 4.79 Å². The zero-order chi connectivity index (χ0) is 14.7. The van der Waals surface area contributed by atoms with Crippen molar-refractivity contribution in [1.82, 2.24) is 5.43 Å². The minimum Gasteiger partial charge on any atom is -0.267 e. The number of carbonyl (C=O) groups is 1. The number of hydrogen-bond acceptors (Lipinski definition) is 2. The molecule has 0 aliphatic heterocycles. The smallest absolute Gasteiger partial charge is 0.267 e. The Bertz CT molecular complexity index is 685. The van der Waals surface area contributed by atoms with Crippen LogP contribution in [0.25, 0.3) is 10.8 Å². The average Bonchev–Trinajstić information content (AvgIpc) is 2.52. The molecule has 1 saturated carbocycles. The summed E-state index contributed by atoms with van der Waals surface area (Å²) in [5, 5.41) is 6.37. The molecule has 21 heavy (non-hydrogen) atoms. The van der Waals surface area contributed by atoms with Crippen LogP contribution in [0.5, 0.6) is 0 Å². The third-order valence-corrected chi connectivity index (χ3v) is 4.10. The molecule has 1 N–H and O–H groups in total. The zero-order valence-electron chi connectivity index (χ0n) is 12.3. The van der Waals surface area contributed by atoms with E-state index >= 15 is 0 Å². The minimum absolute atomic E-state index is 0.127. The van der Waals surface area contributed by atoms with E-state index in [1.807, 2.05) is 42.5 Å². The first-order chi connectivity index (χ1) is 10.2. The number of fused-ring (bicyclic) bond motifs is 1. The number of hydrogen-bond donors (Lipinski definition) is 1. The van der Waals surface area contributed by atoms with Crippen LogP contribution in [-0.4, -0.2) is 11.6 Å². The predicted molar refractivity (Wildman–Crippen MR) is 86.5 cm³/mol. The van der Waals surface area contributed by atoms with Crippen LogP contribution in [0.3, 0.4) is 0 Å². The molecule has 1 aliphatic rings. The van der Waals surface area contributed by atoms with Crippen LogP contribution < -0.4 is 5.43 Å². The van der Waals surface area contributed by atoms with Crippen molar-refractivity contribution >= 4 is 22.4 Å². The number of benzene rings is 2. The quantitative estimate of drug-likeness (QED) is 0.825. The van der Waals surface area contributed by atoms with E-state index in [0.717, 1.165) is 29.3 Å². The van der Waals surface area contributed by atoms with Gasteiger partial charge in [-0.3, -0.25) is 4.79 Å². The van der Waals surface area contributed by atoms with E-state index in [4.69, 9.17) is 0 Å². The van der Waals surface area contributed by atoms with Gasteiger partial charge in [0.1, 0.15) is 0 Å². The third kappa shape index (κ3) is 3.13. The van der Waals surface area contributed by atoms with Crippen LogP contribution in [-0.2, 0) is 0 Å².